The van der Waals surface area contributed by atoms with Gasteiger partial charge in [-0.2, -0.15) is 0 Å². The van der Waals surface area contributed by atoms with Crippen LogP contribution in [0.15, 0.2) is 72.8 Å². The van der Waals surface area contributed by atoms with Gasteiger partial charge in [0, 0.05) is 21.8 Å². The molecule has 0 fully saturated rings. The Kier molecular flexibility index (Phi) is 5.68. The van der Waals surface area contributed by atoms with Gasteiger partial charge in [0.15, 0.2) is 0 Å². The highest BCUT2D eigenvalue weighted by Crippen LogP contribution is 2.38. The first-order chi connectivity index (χ1) is 14.5. The third-order valence-corrected chi connectivity index (χ3v) is 5.08. The minimum Gasteiger partial charge on any atom is -0.445 e. The van der Waals surface area contributed by atoms with Crippen LogP contribution in [0, 0.1) is 5.82 Å². The number of hydrogen-bond acceptors (Lipinski definition) is 3. The lowest BCUT2D eigenvalue weighted by Gasteiger charge is -2.30. The van der Waals surface area contributed by atoms with Crippen LogP contribution in [0.1, 0.15) is 22.7 Å². The summed E-state index contributed by atoms with van der Waals surface area (Å²) in [5.41, 5.74) is 2.02. The Hall–Kier alpha value is -3.38. The van der Waals surface area contributed by atoms with Crippen molar-refractivity contribution in [3.05, 3.63) is 100 Å². The van der Waals surface area contributed by atoms with E-state index >= 15 is 0 Å². The predicted octanol–water partition coefficient (Wildman–Crippen LogP) is 5.16. The number of nitrogens with zero attached hydrogens (tertiary/aromatic N) is 1. The fourth-order valence-corrected chi connectivity index (χ4v) is 3.66. The molecule has 0 spiro atoms. The van der Waals surface area contributed by atoms with Gasteiger partial charge >= 0.3 is 6.09 Å². The summed E-state index contributed by atoms with van der Waals surface area (Å²) in [7, 11) is 0. The van der Waals surface area contributed by atoms with Crippen molar-refractivity contribution < 1.29 is 18.7 Å². The van der Waals surface area contributed by atoms with E-state index in [0.717, 1.165) is 5.56 Å². The first-order valence-electron chi connectivity index (χ1n) is 9.34. The van der Waals surface area contributed by atoms with Crippen LogP contribution in [0.25, 0.3) is 0 Å². The first kappa shape index (κ1) is 19.9. The number of rotatable bonds is 3. The Bertz CT molecular complexity index is 1090. The minimum absolute atomic E-state index is 0.0319. The zero-order valence-corrected chi connectivity index (χ0v) is 16.6. The molecule has 152 valence electrons. The van der Waals surface area contributed by atoms with Crippen molar-refractivity contribution in [2.75, 3.05) is 11.9 Å². The Morgan fingerprint density at radius 3 is 2.57 bits per heavy atom. The van der Waals surface area contributed by atoms with Crippen molar-refractivity contribution in [1.29, 1.82) is 0 Å². The number of carbonyl (C=O) groups excluding carboxylic acids is 2. The molecule has 0 saturated carbocycles. The zero-order valence-electron chi connectivity index (χ0n) is 15.8. The normalized spacial score (nSPS) is 15.7. The number of amides is 2. The van der Waals surface area contributed by atoms with Gasteiger partial charge in [-0.3, -0.25) is 9.69 Å². The van der Waals surface area contributed by atoms with Crippen LogP contribution in [0.3, 0.4) is 0 Å². The molecule has 3 aromatic rings. The molecule has 0 bridgehead atoms. The molecule has 0 aliphatic carbocycles. The number of fused-ring (bicyclic) bond motifs is 1. The molecular weight excluding hydrogens is 407 g/mol. The van der Waals surface area contributed by atoms with E-state index in [1.807, 2.05) is 30.3 Å². The smallest absolute Gasteiger partial charge is 0.411 e. The molecule has 0 aromatic heterocycles. The van der Waals surface area contributed by atoms with E-state index in [1.54, 1.807) is 36.4 Å². The molecule has 4 rings (SSSR count). The molecule has 1 atom stereocenters. The largest absolute Gasteiger partial charge is 0.445 e. The fraction of sp³-hybridized carbons (Fsp3) is 0.130. The van der Waals surface area contributed by atoms with E-state index in [2.05, 4.69) is 5.32 Å². The molecule has 3 aromatic carbocycles. The van der Waals surface area contributed by atoms with Gasteiger partial charge in [-0.25, -0.2) is 9.18 Å². The molecule has 2 amide bonds. The van der Waals surface area contributed by atoms with Gasteiger partial charge in [0.25, 0.3) is 0 Å². The van der Waals surface area contributed by atoms with Crippen LogP contribution < -0.4 is 5.32 Å². The molecule has 1 heterocycles. The number of hydrogen-bond donors (Lipinski definition) is 1. The molecule has 0 radical (unpaired) electrons. The van der Waals surface area contributed by atoms with Crippen LogP contribution in [0.5, 0.6) is 0 Å². The summed E-state index contributed by atoms with van der Waals surface area (Å²) in [6.45, 7) is -0.261. The van der Waals surface area contributed by atoms with E-state index in [0.29, 0.717) is 16.3 Å². The van der Waals surface area contributed by atoms with E-state index in [-0.39, 0.29) is 18.7 Å². The van der Waals surface area contributed by atoms with E-state index in [1.165, 1.54) is 11.0 Å². The maximum atomic E-state index is 14.8. The average molecular weight is 425 g/mol. The molecule has 1 aliphatic rings. The van der Waals surface area contributed by atoms with E-state index in [9.17, 15) is 14.0 Å². The quantitative estimate of drug-likeness (QED) is 0.631. The fourth-order valence-electron chi connectivity index (χ4n) is 3.48. The van der Waals surface area contributed by atoms with Gasteiger partial charge in [0.2, 0.25) is 5.91 Å². The molecule has 1 unspecified atom stereocenters. The summed E-state index contributed by atoms with van der Waals surface area (Å²) in [6.07, 6.45) is -0.727. The van der Waals surface area contributed by atoms with Crippen LogP contribution in [-0.2, 0) is 16.1 Å². The lowest BCUT2D eigenvalue weighted by atomic mass is 9.95. The zero-order chi connectivity index (χ0) is 21.1. The second kappa shape index (κ2) is 8.55. The third-order valence-electron chi connectivity index (χ3n) is 4.85. The highest BCUT2D eigenvalue weighted by Gasteiger charge is 2.36. The minimum atomic E-state index is -0.887. The summed E-state index contributed by atoms with van der Waals surface area (Å²) in [5.74, 6) is -0.905. The summed E-state index contributed by atoms with van der Waals surface area (Å²) in [4.78, 5) is 26.7. The summed E-state index contributed by atoms with van der Waals surface area (Å²) in [5, 5.41) is 3.16. The molecule has 5 nitrogen and oxygen atoms in total. The van der Waals surface area contributed by atoms with Crippen LogP contribution in [0.4, 0.5) is 14.9 Å². The van der Waals surface area contributed by atoms with E-state index < -0.39 is 23.9 Å². The molecule has 1 N–H and O–H groups in total. The first-order valence-corrected chi connectivity index (χ1v) is 9.72. The van der Waals surface area contributed by atoms with Gasteiger partial charge in [0.05, 0.1) is 6.04 Å². The van der Waals surface area contributed by atoms with Crippen LogP contribution >= 0.6 is 11.6 Å². The highest BCUT2D eigenvalue weighted by atomic mass is 35.5. The van der Waals surface area contributed by atoms with Crippen LogP contribution in [-0.4, -0.2) is 23.4 Å². The van der Waals surface area contributed by atoms with Crippen molar-refractivity contribution in [2.24, 2.45) is 0 Å². The third kappa shape index (κ3) is 4.14. The Morgan fingerprint density at radius 1 is 1.07 bits per heavy atom. The van der Waals surface area contributed by atoms with Gasteiger partial charge in [-0.15, -0.1) is 0 Å². The summed E-state index contributed by atoms with van der Waals surface area (Å²) >= 11 is 6.19. The SMILES string of the molecule is O=C1CN(C(=O)OCc2ccccc2)C(c2ccccc2F)c2cc(Cl)ccc2N1. The number of anilines is 1. The van der Waals surface area contributed by atoms with Crippen molar-refractivity contribution in [1.82, 2.24) is 4.90 Å². The predicted molar refractivity (Wildman–Crippen MR) is 112 cm³/mol. The molecular formula is C23H18ClFN2O3. The molecule has 0 saturated heterocycles. The highest BCUT2D eigenvalue weighted by molar-refractivity contribution is 6.30. The number of carbonyl (C=O) groups is 2. The standard InChI is InChI=1S/C23H18ClFN2O3/c24-16-10-11-20-18(12-16)22(17-8-4-5-9-19(17)25)27(13-21(28)26-20)23(29)30-14-15-6-2-1-3-7-15/h1-12,22H,13-14H2,(H,26,28). The lowest BCUT2D eigenvalue weighted by Crippen LogP contribution is -2.39. The second-order valence-corrected chi connectivity index (χ2v) is 7.31. The molecule has 7 heteroatoms. The topological polar surface area (TPSA) is 58.6 Å². The molecule has 1 aliphatic heterocycles. The van der Waals surface area contributed by atoms with Crippen molar-refractivity contribution >= 4 is 29.3 Å². The van der Waals surface area contributed by atoms with Crippen molar-refractivity contribution in [3.8, 4) is 0 Å². The van der Waals surface area contributed by atoms with Gasteiger partial charge < -0.3 is 10.1 Å². The molecule has 30 heavy (non-hydrogen) atoms. The summed E-state index contributed by atoms with van der Waals surface area (Å²) < 4.78 is 20.2. The van der Waals surface area contributed by atoms with Gasteiger partial charge in [-0.1, -0.05) is 60.1 Å². The maximum Gasteiger partial charge on any atom is 0.411 e. The average Bonchev–Trinajstić information content (AvgIpc) is 2.89. The van der Waals surface area contributed by atoms with Crippen molar-refractivity contribution in [2.45, 2.75) is 12.6 Å². The summed E-state index contributed by atoms with van der Waals surface area (Å²) in [6, 6.07) is 19.3. The lowest BCUT2D eigenvalue weighted by molar-refractivity contribution is -0.117. The Balaban J connectivity index is 1.75. The number of halogens is 2. The maximum absolute atomic E-state index is 14.8. The van der Waals surface area contributed by atoms with E-state index in [4.69, 9.17) is 16.3 Å². The van der Waals surface area contributed by atoms with Gasteiger partial charge in [-0.05, 0) is 29.8 Å². The Morgan fingerprint density at radius 2 is 1.80 bits per heavy atom. The Labute approximate surface area is 178 Å². The number of ether oxygens (including phenoxy) is 1. The van der Waals surface area contributed by atoms with Crippen LogP contribution in [0.2, 0.25) is 5.02 Å². The number of benzene rings is 3. The number of nitrogens with one attached hydrogen (secondary N) is 1. The van der Waals surface area contributed by atoms with Gasteiger partial charge in [0.1, 0.15) is 19.0 Å². The van der Waals surface area contributed by atoms with Crippen molar-refractivity contribution in [3.63, 3.8) is 0 Å². The monoisotopic (exact) mass is 424 g/mol. The second-order valence-electron chi connectivity index (χ2n) is 6.87.